The molecule has 4 nitrogen and oxygen atoms in total. The summed E-state index contributed by atoms with van der Waals surface area (Å²) in [5.41, 5.74) is 4.90. The molecule has 0 aliphatic heterocycles. The zero-order valence-electron chi connectivity index (χ0n) is 9.77. The molecule has 1 aromatic rings. The molecule has 88 valence electrons. The zero-order valence-corrected chi connectivity index (χ0v) is 10.5. The van der Waals surface area contributed by atoms with E-state index in [2.05, 4.69) is 5.43 Å². The topological polar surface area (TPSA) is 64.3 Å². The van der Waals surface area contributed by atoms with E-state index >= 15 is 0 Å². The molecule has 1 amide bonds. The maximum Gasteiger partial charge on any atom is 0.269 e. The van der Waals surface area contributed by atoms with E-state index in [0.29, 0.717) is 21.9 Å². The predicted octanol–water partition coefficient (Wildman–Crippen LogP) is 1.88. The zero-order chi connectivity index (χ0) is 12.5. The second-order valence-corrected chi connectivity index (χ2v) is 3.95. The lowest BCUT2D eigenvalue weighted by Crippen LogP contribution is -2.31. The number of ether oxygens (including phenoxy) is 1. The Morgan fingerprint density at radius 3 is 2.25 bits per heavy atom. The lowest BCUT2D eigenvalue weighted by molar-refractivity contribution is 0.0950. The summed E-state index contributed by atoms with van der Waals surface area (Å²) in [4.78, 5) is 11.7. The number of carbonyl (C=O) groups is 1. The average Bonchev–Trinajstić information content (AvgIpc) is 2.29. The van der Waals surface area contributed by atoms with Crippen LogP contribution in [-0.4, -0.2) is 13.0 Å². The lowest BCUT2D eigenvalue weighted by atomic mass is 9.98. The van der Waals surface area contributed by atoms with E-state index in [1.165, 1.54) is 7.11 Å². The van der Waals surface area contributed by atoms with Crippen LogP contribution in [0.25, 0.3) is 0 Å². The summed E-state index contributed by atoms with van der Waals surface area (Å²) in [5, 5.41) is 0.567. The second-order valence-electron chi connectivity index (χ2n) is 3.57. The molecule has 0 spiro atoms. The van der Waals surface area contributed by atoms with E-state index in [1.54, 1.807) is 6.92 Å². The molecule has 1 aromatic carbocycles. The molecule has 0 saturated carbocycles. The minimum Gasteiger partial charge on any atom is -0.496 e. The van der Waals surface area contributed by atoms with Crippen molar-refractivity contribution in [2.45, 2.75) is 20.8 Å². The molecule has 5 heteroatoms. The van der Waals surface area contributed by atoms with Crippen LogP contribution in [0.1, 0.15) is 27.0 Å². The molecule has 0 aliphatic carbocycles. The fourth-order valence-electron chi connectivity index (χ4n) is 1.68. The van der Waals surface area contributed by atoms with Gasteiger partial charge in [-0.2, -0.15) is 0 Å². The predicted molar refractivity (Wildman–Crippen MR) is 63.9 cm³/mol. The summed E-state index contributed by atoms with van der Waals surface area (Å²) < 4.78 is 5.24. The molecule has 3 N–H and O–H groups in total. The Balaban J connectivity index is 3.64. The van der Waals surface area contributed by atoms with Crippen molar-refractivity contribution in [2.75, 3.05) is 7.11 Å². The minimum absolute atomic E-state index is 0.387. The van der Waals surface area contributed by atoms with Gasteiger partial charge in [0.2, 0.25) is 0 Å². The van der Waals surface area contributed by atoms with E-state index in [-0.39, 0.29) is 0 Å². The van der Waals surface area contributed by atoms with E-state index in [4.69, 9.17) is 22.2 Å². The van der Waals surface area contributed by atoms with Crippen molar-refractivity contribution in [3.63, 3.8) is 0 Å². The number of hydrogen-bond donors (Lipinski definition) is 2. The van der Waals surface area contributed by atoms with Gasteiger partial charge < -0.3 is 4.74 Å². The highest BCUT2D eigenvalue weighted by atomic mass is 35.5. The van der Waals surface area contributed by atoms with Crippen molar-refractivity contribution >= 4 is 17.5 Å². The van der Waals surface area contributed by atoms with Crippen LogP contribution >= 0.6 is 11.6 Å². The molecule has 1 rings (SSSR count). The van der Waals surface area contributed by atoms with Gasteiger partial charge in [-0.3, -0.25) is 10.2 Å². The van der Waals surface area contributed by atoms with E-state index in [0.717, 1.165) is 11.1 Å². The highest BCUT2D eigenvalue weighted by Crippen LogP contribution is 2.35. The van der Waals surface area contributed by atoms with Gasteiger partial charge in [-0.1, -0.05) is 11.6 Å². The molecule has 0 radical (unpaired) electrons. The Bertz CT molecular complexity index is 444. The van der Waals surface area contributed by atoms with Gasteiger partial charge in [-0.25, -0.2) is 5.84 Å². The number of carbonyl (C=O) groups excluding carboxylic acids is 1. The number of nitrogens with one attached hydrogen (secondary N) is 1. The summed E-state index contributed by atoms with van der Waals surface area (Å²) in [5.74, 6) is 5.25. The lowest BCUT2D eigenvalue weighted by Gasteiger charge is -2.17. The smallest absolute Gasteiger partial charge is 0.269 e. The Labute approximate surface area is 99.7 Å². The number of methoxy groups -OCH3 is 1. The maximum absolute atomic E-state index is 11.7. The molecule has 0 saturated heterocycles. The van der Waals surface area contributed by atoms with E-state index < -0.39 is 5.91 Å². The van der Waals surface area contributed by atoms with Crippen molar-refractivity contribution < 1.29 is 9.53 Å². The van der Waals surface area contributed by atoms with Crippen molar-refractivity contribution in [3.05, 3.63) is 27.3 Å². The molecule has 0 aromatic heterocycles. The van der Waals surface area contributed by atoms with Crippen LogP contribution in [0.2, 0.25) is 5.02 Å². The molecular weight excluding hydrogens is 228 g/mol. The minimum atomic E-state index is -0.403. The highest BCUT2D eigenvalue weighted by Gasteiger charge is 2.21. The Kier molecular flexibility index (Phi) is 3.78. The fraction of sp³-hybridized carbons (Fsp3) is 0.364. The Hall–Kier alpha value is -1.26. The maximum atomic E-state index is 11.7. The van der Waals surface area contributed by atoms with Gasteiger partial charge in [0.25, 0.3) is 5.91 Å². The van der Waals surface area contributed by atoms with Gasteiger partial charge >= 0.3 is 0 Å². The first kappa shape index (κ1) is 12.8. The number of amides is 1. The quantitative estimate of drug-likeness (QED) is 0.473. The monoisotopic (exact) mass is 242 g/mol. The number of nitrogen functional groups attached to an aromatic ring is 1. The average molecular weight is 243 g/mol. The van der Waals surface area contributed by atoms with Crippen LogP contribution in [0.3, 0.4) is 0 Å². The Morgan fingerprint density at radius 1 is 1.25 bits per heavy atom. The van der Waals surface area contributed by atoms with Crippen LogP contribution in [0.5, 0.6) is 5.75 Å². The third-order valence-electron chi connectivity index (χ3n) is 2.73. The van der Waals surface area contributed by atoms with Gasteiger partial charge in [0, 0.05) is 5.02 Å². The summed E-state index contributed by atoms with van der Waals surface area (Å²) in [6.45, 7) is 5.51. The first-order valence-corrected chi connectivity index (χ1v) is 5.17. The van der Waals surface area contributed by atoms with Gasteiger partial charge in [0.05, 0.1) is 12.7 Å². The molecule has 0 heterocycles. The van der Waals surface area contributed by atoms with Crippen LogP contribution in [0.15, 0.2) is 0 Å². The Morgan fingerprint density at radius 2 is 1.81 bits per heavy atom. The van der Waals surface area contributed by atoms with Crippen LogP contribution < -0.4 is 16.0 Å². The largest absolute Gasteiger partial charge is 0.496 e. The van der Waals surface area contributed by atoms with Gasteiger partial charge in [0.1, 0.15) is 5.75 Å². The number of hydrogen-bond acceptors (Lipinski definition) is 3. The third kappa shape index (κ3) is 1.86. The van der Waals surface area contributed by atoms with E-state index in [9.17, 15) is 4.79 Å². The van der Waals surface area contributed by atoms with Gasteiger partial charge in [0.15, 0.2) is 0 Å². The fourth-order valence-corrected chi connectivity index (χ4v) is 1.92. The number of rotatable bonds is 2. The molecule has 0 fully saturated rings. The van der Waals surface area contributed by atoms with Gasteiger partial charge in [-0.15, -0.1) is 0 Å². The van der Waals surface area contributed by atoms with Crippen molar-refractivity contribution in [2.24, 2.45) is 5.84 Å². The molecule has 0 bridgehead atoms. The third-order valence-corrected chi connectivity index (χ3v) is 3.29. The van der Waals surface area contributed by atoms with Crippen LogP contribution in [0, 0.1) is 20.8 Å². The van der Waals surface area contributed by atoms with Crippen LogP contribution in [0.4, 0.5) is 0 Å². The number of benzene rings is 1. The van der Waals surface area contributed by atoms with Crippen molar-refractivity contribution in [1.82, 2.24) is 5.43 Å². The normalized spacial score (nSPS) is 10.1. The molecule has 16 heavy (non-hydrogen) atoms. The molecule has 0 aliphatic rings. The highest BCUT2D eigenvalue weighted by molar-refractivity contribution is 6.33. The van der Waals surface area contributed by atoms with Crippen molar-refractivity contribution in [1.29, 1.82) is 0 Å². The van der Waals surface area contributed by atoms with Crippen LogP contribution in [-0.2, 0) is 0 Å². The number of hydrazine groups is 1. The SMILES string of the molecule is COc1c(C)c(C)c(Cl)c(C)c1C(=O)NN. The summed E-state index contributed by atoms with van der Waals surface area (Å²) in [6, 6.07) is 0. The molecule has 0 atom stereocenters. The standard InChI is InChI=1S/C11H15ClN2O2/c1-5-6(2)10(16-4)8(11(15)14-13)7(3)9(5)12/h13H2,1-4H3,(H,14,15). The first-order chi connectivity index (χ1) is 7.45. The summed E-state index contributed by atoms with van der Waals surface area (Å²) in [7, 11) is 1.52. The molecule has 0 unspecified atom stereocenters. The molecular formula is C11H15ClN2O2. The van der Waals surface area contributed by atoms with E-state index in [1.807, 2.05) is 13.8 Å². The first-order valence-electron chi connectivity index (χ1n) is 4.79. The second kappa shape index (κ2) is 4.72. The number of nitrogens with two attached hydrogens (primary N) is 1. The van der Waals surface area contributed by atoms with Crippen molar-refractivity contribution in [3.8, 4) is 5.75 Å². The van der Waals surface area contributed by atoms with Gasteiger partial charge in [-0.05, 0) is 37.5 Å². The number of halogens is 1. The summed E-state index contributed by atoms with van der Waals surface area (Å²) in [6.07, 6.45) is 0. The summed E-state index contributed by atoms with van der Waals surface area (Å²) >= 11 is 6.14.